The predicted molar refractivity (Wildman–Crippen MR) is 225 cm³/mol. The van der Waals surface area contributed by atoms with E-state index in [0.29, 0.717) is 11.7 Å². The molecule has 0 saturated heterocycles. The van der Waals surface area contributed by atoms with Crippen LogP contribution in [0.2, 0.25) is 0 Å². The lowest BCUT2D eigenvalue weighted by Gasteiger charge is -2.27. The van der Waals surface area contributed by atoms with Gasteiger partial charge in [0.05, 0.1) is 11.4 Å². The van der Waals surface area contributed by atoms with Gasteiger partial charge < -0.3 is 0 Å². The van der Waals surface area contributed by atoms with E-state index in [1.165, 1.54) is 43.8 Å². The van der Waals surface area contributed by atoms with Crippen LogP contribution in [0.4, 0.5) is 0 Å². The average molecular weight is 690 g/mol. The summed E-state index contributed by atoms with van der Waals surface area (Å²) in [6.45, 7) is 0. The largest absolute Gasteiger partial charge is 0.268 e. The molecule has 0 radical (unpaired) electrons. The quantitative estimate of drug-likeness (QED) is 0.174. The summed E-state index contributed by atoms with van der Waals surface area (Å²) < 4.78 is 0. The molecule has 54 heavy (non-hydrogen) atoms. The van der Waals surface area contributed by atoms with Crippen molar-refractivity contribution in [2.75, 3.05) is 0 Å². The Morgan fingerprint density at radius 1 is 0.426 bits per heavy atom. The van der Waals surface area contributed by atoms with Gasteiger partial charge in [0.1, 0.15) is 0 Å². The maximum atomic E-state index is 5.23. The SMILES string of the molecule is C1=CC2=CN=CC(c3ccc(-c4cc(-c5cccc(-c6cccc7ccccc67)c5)nc(-c5ccc(-c6ccc7ccccc7c6)cc5)n4)cc3)C2C=C1. The number of aliphatic imine (C=N–C) groups is 1. The molecule has 0 N–H and O–H groups in total. The molecular formula is C51H35N3. The van der Waals surface area contributed by atoms with Crippen molar-refractivity contribution in [3.05, 3.63) is 205 Å². The highest BCUT2D eigenvalue weighted by Gasteiger charge is 2.25. The Hall–Kier alpha value is -6.97. The van der Waals surface area contributed by atoms with Crippen LogP contribution in [0.1, 0.15) is 11.5 Å². The van der Waals surface area contributed by atoms with Gasteiger partial charge in [0, 0.05) is 40.9 Å². The Labute approximate surface area is 315 Å². The first-order valence-electron chi connectivity index (χ1n) is 18.5. The highest BCUT2D eigenvalue weighted by molar-refractivity contribution is 5.97. The van der Waals surface area contributed by atoms with Crippen molar-refractivity contribution in [1.82, 2.24) is 9.97 Å². The predicted octanol–water partition coefficient (Wildman–Crippen LogP) is 12.9. The zero-order valence-corrected chi connectivity index (χ0v) is 29.5. The van der Waals surface area contributed by atoms with Crippen molar-refractivity contribution in [3.63, 3.8) is 0 Å². The van der Waals surface area contributed by atoms with Crippen LogP contribution < -0.4 is 0 Å². The van der Waals surface area contributed by atoms with Crippen molar-refractivity contribution in [1.29, 1.82) is 0 Å². The zero-order chi connectivity index (χ0) is 35.8. The number of fused-ring (bicyclic) bond motifs is 3. The molecule has 2 heterocycles. The summed E-state index contributed by atoms with van der Waals surface area (Å²) in [5.74, 6) is 1.18. The molecule has 0 fully saturated rings. The Morgan fingerprint density at radius 3 is 1.98 bits per heavy atom. The van der Waals surface area contributed by atoms with Gasteiger partial charge in [0.2, 0.25) is 0 Å². The van der Waals surface area contributed by atoms with Crippen LogP contribution in [0, 0.1) is 5.92 Å². The fraction of sp³-hybridized carbons (Fsp3) is 0.0392. The van der Waals surface area contributed by atoms with E-state index >= 15 is 0 Å². The molecule has 2 aliphatic rings. The Morgan fingerprint density at radius 2 is 1.11 bits per heavy atom. The maximum absolute atomic E-state index is 5.23. The molecule has 8 aromatic rings. The molecule has 0 spiro atoms. The molecule has 7 aromatic carbocycles. The molecule has 254 valence electrons. The second-order valence-electron chi connectivity index (χ2n) is 14.1. The second-order valence-corrected chi connectivity index (χ2v) is 14.1. The van der Waals surface area contributed by atoms with Gasteiger partial charge in [-0.1, -0.05) is 170 Å². The number of aromatic nitrogens is 2. The lowest BCUT2D eigenvalue weighted by Crippen LogP contribution is -2.18. The van der Waals surface area contributed by atoms with E-state index in [1.807, 2.05) is 6.20 Å². The topological polar surface area (TPSA) is 38.1 Å². The van der Waals surface area contributed by atoms with Crippen molar-refractivity contribution in [2.45, 2.75) is 5.92 Å². The second kappa shape index (κ2) is 13.5. The molecule has 10 rings (SSSR count). The molecule has 2 unspecified atom stereocenters. The smallest absolute Gasteiger partial charge is 0.160 e. The minimum atomic E-state index is 0.190. The standard InChI is InChI=1S/C51H35N3/c1-2-11-40-29-41(28-21-34(40)9-1)35-19-26-39(27-20-35)51-53-49(38-24-22-37(23-25-38)48-33-52-32-44-12-4-6-17-47(44)48)31-50(54-51)43-15-7-14-42(30-43)46-18-8-13-36-10-3-5-16-45(36)46/h1-33,47-48H. The molecule has 0 amide bonds. The van der Waals surface area contributed by atoms with Crippen LogP contribution in [0.15, 0.2) is 205 Å². The molecule has 1 aliphatic heterocycles. The van der Waals surface area contributed by atoms with E-state index in [4.69, 9.17) is 9.97 Å². The molecule has 0 bridgehead atoms. The summed E-state index contributed by atoms with van der Waals surface area (Å²) in [7, 11) is 0. The van der Waals surface area contributed by atoms with E-state index in [0.717, 1.165) is 39.2 Å². The molecule has 3 heteroatoms. The van der Waals surface area contributed by atoms with Gasteiger partial charge in [-0.3, -0.25) is 4.99 Å². The van der Waals surface area contributed by atoms with Gasteiger partial charge in [-0.25, -0.2) is 9.97 Å². The first-order chi connectivity index (χ1) is 26.7. The average Bonchev–Trinajstić information content (AvgIpc) is 3.26. The van der Waals surface area contributed by atoms with Crippen molar-refractivity contribution in [3.8, 4) is 56.2 Å². The van der Waals surface area contributed by atoms with E-state index in [9.17, 15) is 0 Å². The summed E-state index contributed by atoms with van der Waals surface area (Å²) in [6.07, 6.45) is 12.7. The van der Waals surface area contributed by atoms with Crippen LogP contribution >= 0.6 is 0 Å². The number of hydrogen-bond acceptors (Lipinski definition) is 3. The Balaban J connectivity index is 1.05. The summed E-state index contributed by atoms with van der Waals surface area (Å²) in [5, 5.41) is 4.93. The van der Waals surface area contributed by atoms with Gasteiger partial charge in [0.25, 0.3) is 0 Å². The highest BCUT2D eigenvalue weighted by atomic mass is 14.9. The van der Waals surface area contributed by atoms with Crippen molar-refractivity contribution >= 4 is 27.8 Å². The number of hydrogen-bond donors (Lipinski definition) is 0. The number of nitrogens with zero attached hydrogens (tertiary/aromatic N) is 3. The number of allylic oxidation sites excluding steroid dienone is 5. The van der Waals surface area contributed by atoms with E-state index in [1.54, 1.807) is 0 Å². The minimum absolute atomic E-state index is 0.190. The fourth-order valence-corrected chi connectivity index (χ4v) is 7.89. The van der Waals surface area contributed by atoms with Crippen molar-refractivity contribution in [2.24, 2.45) is 10.9 Å². The summed E-state index contributed by atoms with van der Waals surface area (Å²) >= 11 is 0. The molecule has 1 aromatic heterocycles. The van der Waals surface area contributed by atoms with Crippen LogP contribution in [0.25, 0.3) is 77.7 Å². The molecule has 1 aliphatic carbocycles. The Kier molecular flexibility index (Phi) is 7.96. The monoisotopic (exact) mass is 689 g/mol. The third-order valence-electron chi connectivity index (χ3n) is 10.8. The van der Waals surface area contributed by atoms with Crippen LogP contribution in [-0.2, 0) is 0 Å². The van der Waals surface area contributed by atoms with Gasteiger partial charge in [-0.15, -0.1) is 0 Å². The normalized spacial score (nSPS) is 16.0. The third kappa shape index (κ3) is 5.96. The lowest BCUT2D eigenvalue weighted by atomic mass is 9.79. The van der Waals surface area contributed by atoms with Gasteiger partial charge in [-0.2, -0.15) is 0 Å². The van der Waals surface area contributed by atoms with Crippen molar-refractivity contribution < 1.29 is 0 Å². The molecule has 2 atom stereocenters. The van der Waals surface area contributed by atoms with E-state index in [2.05, 4.69) is 199 Å². The maximum Gasteiger partial charge on any atom is 0.160 e. The van der Waals surface area contributed by atoms with Crippen LogP contribution in [-0.4, -0.2) is 16.2 Å². The van der Waals surface area contributed by atoms with E-state index in [-0.39, 0.29) is 5.92 Å². The summed E-state index contributed by atoms with van der Waals surface area (Å²) in [5.41, 5.74) is 12.0. The third-order valence-corrected chi connectivity index (χ3v) is 10.8. The lowest BCUT2D eigenvalue weighted by molar-refractivity contribution is 0.707. The highest BCUT2D eigenvalue weighted by Crippen LogP contribution is 2.37. The van der Waals surface area contributed by atoms with Crippen LogP contribution in [0.5, 0.6) is 0 Å². The van der Waals surface area contributed by atoms with Gasteiger partial charge in [0.15, 0.2) is 5.82 Å². The Bertz CT molecular complexity index is 2820. The summed E-state index contributed by atoms with van der Waals surface area (Å²) in [6, 6.07) is 58.5. The van der Waals surface area contributed by atoms with E-state index < -0.39 is 0 Å². The van der Waals surface area contributed by atoms with Crippen LogP contribution in [0.3, 0.4) is 0 Å². The zero-order valence-electron chi connectivity index (χ0n) is 29.5. The van der Waals surface area contributed by atoms with Gasteiger partial charge in [-0.05, 0) is 73.1 Å². The number of benzene rings is 7. The number of rotatable bonds is 6. The fourth-order valence-electron chi connectivity index (χ4n) is 7.89. The first-order valence-corrected chi connectivity index (χ1v) is 18.5. The van der Waals surface area contributed by atoms with Gasteiger partial charge >= 0.3 is 0 Å². The first kappa shape index (κ1) is 31.7. The minimum Gasteiger partial charge on any atom is -0.268 e. The molecule has 0 saturated carbocycles. The molecule has 3 nitrogen and oxygen atoms in total. The summed E-state index contributed by atoms with van der Waals surface area (Å²) in [4.78, 5) is 15.0. The molecular weight excluding hydrogens is 655 g/mol.